The molecular formula is C17H28N2S. The molecule has 0 fully saturated rings. The van der Waals surface area contributed by atoms with Crippen molar-refractivity contribution >= 4 is 23.0 Å². The van der Waals surface area contributed by atoms with Gasteiger partial charge in [0.25, 0.3) is 0 Å². The van der Waals surface area contributed by atoms with Crippen LogP contribution in [0.15, 0.2) is 24.3 Å². The van der Waals surface area contributed by atoms with Crippen LogP contribution in [0, 0.1) is 0 Å². The molecule has 1 aromatic rings. The summed E-state index contributed by atoms with van der Waals surface area (Å²) in [6.45, 7) is 11.1. The summed E-state index contributed by atoms with van der Waals surface area (Å²) in [6.07, 6.45) is 3.21. The van der Waals surface area contributed by atoms with Gasteiger partial charge in [0, 0.05) is 17.8 Å². The molecule has 0 saturated carbocycles. The Labute approximate surface area is 129 Å². The summed E-state index contributed by atoms with van der Waals surface area (Å²) in [5, 5.41) is 4.29. The van der Waals surface area contributed by atoms with Crippen molar-refractivity contribution in [2.75, 3.05) is 5.32 Å². The number of aryl methyl sites for hydroxylation is 1. The van der Waals surface area contributed by atoms with Crippen molar-refractivity contribution in [3.05, 3.63) is 29.8 Å². The fraction of sp³-hybridized carbons (Fsp3) is 0.588. The lowest BCUT2D eigenvalue weighted by atomic mass is 10.1. The van der Waals surface area contributed by atoms with Crippen LogP contribution in [-0.4, -0.2) is 22.1 Å². The van der Waals surface area contributed by atoms with Crippen LogP contribution in [0.5, 0.6) is 0 Å². The van der Waals surface area contributed by atoms with Crippen molar-refractivity contribution in [3.63, 3.8) is 0 Å². The molecular weight excluding hydrogens is 264 g/mol. The number of para-hydroxylation sites is 1. The number of thiocarbonyl (C=S) groups is 1. The number of benzene rings is 1. The predicted octanol–water partition coefficient (Wildman–Crippen LogP) is 4.84. The van der Waals surface area contributed by atoms with Gasteiger partial charge in [-0.1, -0.05) is 39.0 Å². The number of anilines is 1. The van der Waals surface area contributed by atoms with E-state index in [0.717, 1.165) is 30.1 Å². The quantitative estimate of drug-likeness (QED) is 0.755. The average molecular weight is 292 g/mol. The van der Waals surface area contributed by atoms with E-state index in [1.54, 1.807) is 0 Å². The summed E-state index contributed by atoms with van der Waals surface area (Å²) in [5.74, 6) is 0. The molecule has 0 saturated heterocycles. The molecule has 2 nitrogen and oxygen atoms in total. The minimum absolute atomic E-state index is 0.457. The number of nitrogens with one attached hydrogen (secondary N) is 1. The molecule has 1 rings (SSSR count). The van der Waals surface area contributed by atoms with Crippen molar-refractivity contribution in [2.24, 2.45) is 0 Å². The molecule has 0 radical (unpaired) electrons. The van der Waals surface area contributed by atoms with E-state index in [0.29, 0.717) is 12.1 Å². The molecule has 1 aromatic carbocycles. The van der Waals surface area contributed by atoms with Gasteiger partial charge in [-0.15, -0.1) is 0 Å². The number of nitrogens with zero attached hydrogens (tertiary/aromatic N) is 1. The third-order valence-corrected chi connectivity index (χ3v) is 4.32. The minimum atomic E-state index is 0.457. The lowest BCUT2D eigenvalue weighted by Gasteiger charge is -2.36. The molecule has 0 aliphatic heterocycles. The largest absolute Gasteiger partial charge is 0.344 e. The molecule has 0 amide bonds. The van der Waals surface area contributed by atoms with E-state index in [-0.39, 0.29) is 0 Å². The molecule has 0 unspecified atom stereocenters. The van der Waals surface area contributed by atoms with E-state index < -0.39 is 0 Å². The van der Waals surface area contributed by atoms with Crippen LogP contribution in [0.25, 0.3) is 0 Å². The fourth-order valence-corrected chi connectivity index (χ4v) is 2.83. The normalized spacial score (nSPS) is 13.7. The summed E-state index contributed by atoms with van der Waals surface area (Å²) in [5.41, 5.74) is 2.44. The van der Waals surface area contributed by atoms with Gasteiger partial charge in [-0.05, 0) is 57.0 Å². The second-order valence-corrected chi connectivity index (χ2v) is 5.75. The molecule has 0 heterocycles. The Morgan fingerprint density at radius 3 is 2.15 bits per heavy atom. The van der Waals surface area contributed by atoms with Crippen LogP contribution in [-0.2, 0) is 6.42 Å². The maximum Gasteiger partial charge on any atom is 0.173 e. The third-order valence-electron chi connectivity index (χ3n) is 4.01. The maximum absolute atomic E-state index is 5.66. The standard InChI is InChI=1S/C17H28N2S/c1-6-13(4)19(14(5)7-2)17(20)18-16-12-10-9-11-15(16)8-3/h9-14H,6-8H2,1-5H3,(H,18,20)/t13-,14-/m0/s1. The summed E-state index contributed by atoms with van der Waals surface area (Å²) in [6, 6.07) is 9.31. The van der Waals surface area contributed by atoms with Crippen LogP contribution in [0.2, 0.25) is 0 Å². The van der Waals surface area contributed by atoms with Crippen molar-refractivity contribution < 1.29 is 0 Å². The van der Waals surface area contributed by atoms with Gasteiger partial charge in [-0.3, -0.25) is 0 Å². The van der Waals surface area contributed by atoms with Gasteiger partial charge in [0.15, 0.2) is 5.11 Å². The van der Waals surface area contributed by atoms with E-state index >= 15 is 0 Å². The van der Waals surface area contributed by atoms with Gasteiger partial charge in [-0.2, -0.15) is 0 Å². The fourth-order valence-electron chi connectivity index (χ4n) is 2.36. The Bertz CT molecular complexity index is 421. The predicted molar refractivity (Wildman–Crippen MR) is 93.4 cm³/mol. The summed E-state index contributed by atoms with van der Waals surface area (Å²) in [7, 11) is 0. The van der Waals surface area contributed by atoms with Gasteiger partial charge in [0.05, 0.1) is 0 Å². The number of hydrogen-bond acceptors (Lipinski definition) is 1. The Morgan fingerprint density at radius 1 is 1.10 bits per heavy atom. The van der Waals surface area contributed by atoms with E-state index in [4.69, 9.17) is 12.2 Å². The van der Waals surface area contributed by atoms with Gasteiger partial charge in [0.1, 0.15) is 0 Å². The van der Waals surface area contributed by atoms with E-state index in [2.05, 4.69) is 69.1 Å². The minimum Gasteiger partial charge on any atom is -0.344 e. The van der Waals surface area contributed by atoms with Gasteiger partial charge in [0.2, 0.25) is 0 Å². The Balaban J connectivity index is 2.90. The van der Waals surface area contributed by atoms with Crippen LogP contribution >= 0.6 is 12.2 Å². The van der Waals surface area contributed by atoms with Crippen LogP contribution in [0.3, 0.4) is 0 Å². The summed E-state index contributed by atoms with van der Waals surface area (Å²) >= 11 is 5.66. The van der Waals surface area contributed by atoms with E-state index in [9.17, 15) is 0 Å². The highest BCUT2D eigenvalue weighted by molar-refractivity contribution is 7.80. The molecule has 0 aliphatic rings. The second kappa shape index (κ2) is 8.25. The highest BCUT2D eigenvalue weighted by Gasteiger charge is 2.21. The Hall–Kier alpha value is -1.09. The number of rotatable bonds is 6. The molecule has 1 N–H and O–H groups in total. The summed E-state index contributed by atoms with van der Waals surface area (Å²) < 4.78 is 0. The maximum atomic E-state index is 5.66. The van der Waals surface area contributed by atoms with Crippen LogP contribution < -0.4 is 5.32 Å². The average Bonchev–Trinajstić information content (AvgIpc) is 2.47. The van der Waals surface area contributed by atoms with Crippen LogP contribution in [0.4, 0.5) is 5.69 Å². The first-order chi connectivity index (χ1) is 9.54. The zero-order valence-electron chi connectivity index (χ0n) is 13.4. The number of hydrogen-bond donors (Lipinski definition) is 1. The molecule has 3 heteroatoms. The highest BCUT2D eigenvalue weighted by Crippen LogP contribution is 2.19. The SMILES string of the molecule is CCc1ccccc1NC(=S)N([C@@H](C)CC)[C@@H](C)CC. The monoisotopic (exact) mass is 292 g/mol. The zero-order chi connectivity index (χ0) is 15.1. The van der Waals surface area contributed by atoms with Crippen LogP contribution in [0.1, 0.15) is 53.0 Å². The molecule has 2 atom stereocenters. The molecule has 112 valence electrons. The third kappa shape index (κ3) is 4.20. The van der Waals surface area contributed by atoms with Crippen molar-refractivity contribution in [1.82, 2.24) is 4.90 Å². The Kier molecular flexibility index (Phi) is 7.00. The Morgan fingerprint density at radius 2 is 1.65 bits per heavy atom. The van der Waals surface area contributed by atoms with E-state index in [1.165, 1.54) is 5.56 Å². The van der Waals surface area contributed by atoms with Gasteiger partial charge >= 0.3 is 0 Å². The van der Waals surface area contributed by atoms with Gasteiger partial charge in [-0.25, -0.2) is 0 Å². The van der Waals surface area contributed by atoms with E-state index in [1.807, 2.05) is 0 Å². The lowest BCUT2D eigenvalue weighted by Crippen LogP contribution is -2.46. The second-order valence-electron chi connectivity index (χ2n) is 5.36. The van der Waals surface area contributed by atoms with Crippen molar-refractivity contribution in [2.45, 2.75) is 66.0 Å². The molecule has 0 spiro atoms. The summed E-state index contributed by atoms with van der Waals surface area (Å²) in [4.78, 5) is 2.34. The van der Waals surface area contributed by atoms with Crippen molar-refractivity contribution in [1.29, 1.82) is 0 Å². The first-order valence-corrected chi connectivity index (χ1v) is 8.13. The first-order valence-electron chi connectivity index (χ1n) is 7.72. The lowest BCUT2D eigenvalue weighted by molar-refractivity contribution is 0.254. The van der Waals surface area contributed by atoms with Crippen molar-refractivity contribution in [3.8, 4) is 0 Å². The zero-order valence-corrected chi connectivity index (χ0v) is 14.3. The first kappa shape index (κ1) is 17.0. The molecule has 0 aliphatic carbocycles. The topological polar surface area (TPSA) is 15.3 Å². The molecule has 0 aromatic heterocycles. The van der Waals surface area contributed by atoms with Gasteiger partial charge < -0.3 is 10.2 Å². The molecule has 0 bridgehead atoms. The highest BCUT2D eigenvalue weighted by atomic mass is 32.1. The molecule has 20 heavy (non-hydrogen) atoms. The smallest absolute Gasteiger partial charge is 0.173 e.